The van der Waals surface area contributed by atoms with E-state index < -0.39 is 18.0 Å². The zero-order chi connectivity index (χ0) is 15.0. The summed E-state index contributed by atoms with van der Waals surface area (Å²) >= 11 is 0. The first-order valence-corrected chi connectivity index (χ1v) is 7.39. The fraction of sp³-hybridized carbons (Fsp3) is 0.857. The normalized spacial score (nSPS) is 17.3. The molecule has 1 unspecified atom stereocenters. The number of carboxylic acid groups (broad SMARTS) is 1. The van der Waals surface area contributed by atoms with Crippen LogP contribution in [0.3, 0.4) is 0 Å². The molecule has 1 aliphatic carbocycles. The van der Waals surface area contributed by atoms with E-state index in [-0.39, 0.29) is 5.92 Å². The third-order valence-corrected chi connectivity index (χ3v) is 3.57. The minimum Gasteiger partial charge on any atom is -0.480 e. The Balaban J connectivity index is 2.09. The molecule has 0 aromatic rings. The number of carbonyl (C=O) groups excluding carboxylic acids is 1. The number of aliphatic carboxylic acids is 1. The molecule has 6 nitrogen and oxygen atoms in total. The second-order valence-electron chi connectivity index (χ2n) is 5.47. The van der Waals surface area contributed by atoms with E-state index in [2.05, 4.69) is 10.6 Å². The summed E-state index contributed by atoms with van der Waals surface area (Å²) in [5, 5.41) is 14.2. The smallest absolute Gasteiger partial charge is 0.326 e. The second kappa shape index (κ2) is 8.79. The molecule has 1 fully saturated rings. The van der Waals surface area contributed by atoms with Crippen LogP contribution in [0.2, 0.25) is 0 Å². The van der Waals surface area contributed by atoms with Crippen molar-refractivity contribution in [2.45, 2.75) is 45.6 Å². The molecule has 0 aromatic heterocycles. The van der Waals surface area contributed by atoms with E-state index in [1.807, 2.05) is 13.8 Å². The third-order valence-electron chi connectivity index (χ3n) is 3.57. The van der Waals surface area contributed by atoms with Gasteiger partial charge in [0.25, 0.3) is 0 Å². The van der Waals surface area contributed by atoms with Gasteiger partial charge >= 0.3 is 12.0 Å². The lowest BCUT2D eigenvalue weighted by molar-refractivity contribution is -0.140. The standard InChI is InChI=1S/C14H26N2O4/c1-3-10(2)12(13(17)18)16-14(19)15-7-4-8-20-9-11-5-6-11/h10-12H,3-9H2,1-2H3,(H,17,18)(H2,15,16,19)/t10?,12-/m0/s1. The average molecular weight is 286 g/mol. The lowest BCUT2D eigenvalue weighted by atomic mass is 9.99. The molecule has 116 valence electrons. The summed E-state index contributed by atoms with van der Waals surface area (Å²) in [7, 11) is 0. The van der Waals surface area contributed by atoms with E-state index in [0.29, 0.717) is 19.6 Å². The topological polar surface area (TPSA) is 87.7 Å². The van der Waals surface area contributed by atoms with Crippen molar-refractivity contribution in [2.75, 3.05) is 19.8 Å². The van der Waals surface area contributed by atoms with E-state index >= 15 is 0 Å². The van der Waals surface area contributed by atoms with Gasteiger partial charge in [0, 0.05) is 19.8 Å². The zero-order valence-electron chi connectivity index (χ0n) is 12.4. The van der Waals surface area contributed by atoms with E-state index in [9.17, 15) is 9.59 Å². The van der Waals surface area contributed by atoms with Crippen LogP contribution in [0.15, 0.2) is 0 Å². The summed E-state index contributed by atoms with van der Waals surface area (Å²) in [5.41, 5.74) is 0. The number of rotatable bonds is 10. The molecule has 0 bridgehead atoms. The minimum atomic E-state index is -0.998. The number of hydrogen-bond acceptors (Lipinski definition) is 3. The lowest BCUT2D eigenvalue weighted by Crippen LogP contribution is -2.49. The highest BCUT2D eigenvalue weighted by molar-refractivity contribution is 5.82. The number of urea groups is 1. The zero-order valence-corrected chi connectivity index (χ0v) is 12.4. The molecule has 0 spiro atoms. The van der Waals surface area contributed by atoms with Gasteiger partial charge in [0.2, 0.25) is 0 Å². The van der Waals surface area contributed by atoms with Gasteiger partial charge in [0.15, 0.2) is 0 Å². The maximum Gasteiger partial charge on any atom is 0.326 e. The molecule has 1 saturated carbocycles. The molecule has 0 aromatic carbocycles. The van der Waals surface area contributed by atoms with Crippen molar-refractivity contribution in [3.63, 3.8) is 0 Å². The van der Waals surface area contributed by atoms with Gasteiger partial charge < -0.3 is 20.5 Å². The van der Waals surface area contributed by atoms with Crippen LogP contribution in [-0.4, -0.2) is 42.9 Å². The van der Waals surface area contributed by atoms with Gasteiger partial charge in [0.1, 0.15) is 6.04 Å². The second-order valence-corrected chi connectivity index (χ2v) is 5.47. The highest BCUT2D eigenvalue weighted by Gasteiger charge is 2.25. The largest absolute Gasteiger partial charge is 0.480 e. The van der Waals surface area contributed by atoms with E-state index in [1.54, 1.807) is 0 Å². The monoisotopic (exact) mass is 286 g/mol. The quantitative estimate of drug-likeness (QED) is 0.532. The van der Waals surface area contributed by atoms with Gasteiger partial charge in [-0.3, -0.25) is 0 Å². The lowest BCUT2D eigenvalue weighted by Gasteiger charge is -2.20. The molecule has 20 heavy (non-hydrogen) atoms. The fourth-order valence-electron chi connectivity index (χ4n) is 1.79. The molecule has 6 heteroatoms. The Morgan fingerprint density at radius 3 is 2.65 bits per heavy atom. The molecule has 0 heterocycles. The van der Waals surface area contributed by atoms with Crippen LogP contribution in [0.5, 0.6) is 0 Å². The number of nitrogens with one attached hydrogen (secondary N) is 2. The summed E-state index contributed by atoms with van der Waals surface area (Å²) in [4.78, 5) is 22.7. The maximum absolute atomic E-state index is 11.6. The van der Waals surface area contributed by atoms with Gasteiger partial charge in [-0.05, 0) is 31.1 Å². The number of carboxylic acids is 1. The number of amides is 2. The van der Waals surface area contributed by atoms with Gasteiger partial charge in [-0.2, -0.15) is 0 Å². The van der Waals surface area contributed by atoms with Crippen molar-refractivity contribution in [1.82, 2.24) is 10.6 Å². The van der Waals surface area contributed by atoms with Crippen LogP contribution in [-0.2, 0) is 9.53 Å². The number of hydrogen-bond donors (Lipinski definition) is 3. The van der Waals surface area contributed by atoms with Crippen LogP contribution in [0, 0.1) is 11.8 Å². The molecule has 0 radical (unpaired) electrons. The predicted octanol–water partition coefficient (Wildman–Crippen LogP) is 1.60. The van der Waals surface area contributed by atoms with Crippen LogP contribution in [0.4, 0.5) is 4.79 Å². The fourth-order valence-corrected chi connectivity index (χ4v) is 1.79. The number of carbonyl (C=O) groups is 2. The van der Waals surface area contributed by atoms with E-state index in [0.717, 1.165) is 18.9 Å². The SMILES string of the molecule is CCC(C)[C@H](NC(=O)NCCCOCC1CC1)C(=O)O. The van der Waals surface area contributed by atoms with Crippen molar-refractivity contribution < 1.29 is 19.4 Å². The molecular formula is C14H26N2O4. The molecule has 0 aliphatic heterocycles. The predicted molar refractivity (Wildman–Crippen MR) is 75.6 cm³/mol. The summed E-state index contributed by atoms with van der Waals surface area (Å²) in [5.74, 6) is -0.347. The summed E-state index contributed by atoms with van der Waals surface area (Å²) in [6.07, 6.45) is 3.98. The third kappa shape index (κ3) is 6.75. The Morgan fingerprint density at radius 2 is 2.10 bits per heavy atom. The van der Waals surface area contributed by atoms with Crippen LogP contribution < -0.4 is 10.6 Å². The summed E-state index contributed by atoms with van der Waals surface area (Å²) < 4.78 is 5.45. The van der Waals surface area contributed by atoms with Crippen molar-refractivity contribution in [3.8, 4) is 0 Å². The van der Waals surface area contributed by atoms with Crippen LogP contribution in [0.25, 0.3) is 0 Å². The first kappa shape index (κ1) is 16.8. The molecule has 1 rings (SSSR count). The molecule has 2 atom stereocenters. The van der Waals surface area contributed by atoms with E-state index in [1.165, 1.54) is 12.8 Å². The number of ether oxygens (including phenoxy) is 1. The summed E-state index contributed by atoms with van der Waals surface area (Å²) in [6.45, 7) is 5.65. The molecular weight excluding hydrogens is 260 g/mol. The highest BCUT2D eigenvalue weighted by Crippen LogP contribution is 2.28. The van der Waals surface area contributed by atoms with Crippen molar-refractivity contribution >= 4 is 12.0 Å². The molecule has 3 N–H and O–H groups in total. The summed E-state index contributed by atoms with van der Waals surface area (Å²) in [6, 6.07) is -1.27. The highest BCUT2D eigenvalue weighted by atomic mass is 16.5. The Labute approximate surface area is 120 Å². The maximum atomic E-state index is 11.6. The van der Waals surface area contributed by atoms with Crippen molar-refractivity contribution in [3.05, 3.63) is 0 Å². The van der Waals surface area contributed by atoms with Crippen LogP contribution in [0.1, 0.15) is 39.5 Å². The first-order valence-electron chi connectivity index (χ1n) is 7.39. The Hall–Kier alpha value is -1.30. The van der Waals surface area contributed by atoms with Gasteiger partial charge in [0.05, 0.1) is 0 Å². The van der Waals surface area contributed by atoms with Crippen molar-refractivity contribution in [1.29, 1.82) is 0 Å². The molecule has 0 saturated heterocycles. The Kier molecular flexibility index (Phi) is 7.36. The average Bonchev–Trinajstić information content (AvgIpc) is 3.22. The Morgan fingerprint density at radius 1 is 1.40 bits per heavy atom. The van der Waals surface area contributed by atoms with Gasteiger partial charge in [-0.15, -0.1) is 0 Å². The van der Waals surface area contributed by atoms with Gasteiger partial charge in [-0.1, -0.05) is 20.3 Å². The molecule has 1 aliphatic rings. The van der Waals surface area contributed by atoms with Gasteiger partial charge in [-0.25, -0.2) is 9.59 Å². The van der Waals surface area contributed by atoms with Crippen molar-refractivity contribution in [2.24, 2.45) is 11.8 Å². The Bertz CT molecular complexity index is 318. The molecule has 2 amide bonds. The van der Waals surface area contributed by atoms with Crippen LogP contribution >= 0.6 is 0 Å². The van der Waals surface area contributed by atoms with E-state index in [4.69, 9.17) is 9.84 Å². The first-order chi connectivity index (χ1) is 9.54. The minimum absolute atomic E-state index is 0.0971.